The Balaban J connectivity index is 2.48. The van der Waals surface area contributed by atoms with Gasteiger partial charge in [0.15, 0.2) is 5.41 Å². The van der Waals surface area contributed by atoms with Gasteiger partial charge in [-0.1, -0.05) is 30.9 Å². The fourth-order valence-electron chi connectivity index (χ4n) is 1.90. The molecule has 0 radical (unpaired) electrons. The Morgan fingerprint density at radius 2 is 1.95 bits per heavy atom. The maximum absolute atomic E-state index is 5.84. The second-order valence-electron chi connectivity index (χ2n) is 4.44. The summed E-state index contributed by atoms with van der Waals surface area (Å²) >= 11 is 0. The summed E-state index contributed by atoms with van der Waals surface area (Å²) in [6.45, 7) is 11.6. The first-order valence-electron chi connectivity index (χ1n) is 6.70. The van der Waals surface area contributed by atoms with E-state index in [4.69, 9.17) is 13.9 Å². The molecule has 0 unspecified atom stereocenters. The van der Waals surface area contributed by atoms with Gasteiger partial charge in [-0.05, 0) is 38.0 Å². The van der Waals surface area contributed by atoms with E-state index in [1.807, 2.05) is 39.0 Å². The maximum atomic E-state index is 5.84. The van der Waals surface area contributed by atoms with E-state index in [1.54, 1.807) is 0 Å². The first-order valence-corrected chi connectivity index (χ1v) is 7.99. The topological polar surface area (TPSA) is 27.7 Å². The van der Waals surface area contributed by atoms with E-state index < -0.39 is 15.2 Å². The van der Waals surface area contributed by atoms with Gasteiger partial charge in [-0.3, -0.25) is 0 Å². The molecule has 1 aromatic carbocycles. The molecular formula is C15H24O3Si. The lowest BCUT2D eigenvalue weighted by Gasteiger charge is -2.28. The molecule has 0 spiro atoms. The lowest BCUT2D eigenvalue weighted by atomic mass is 10.1. The van der Waals surface area contributed by atoms with Gasteiger partial charge < -0.3 is 13.9 Å². The Morgan fingerprint density at radius 1 is 1.26 bits per heavy atom. The zero-order valence-electron chi connectivity index (χ0n) is 12.1. The highest BCUT2D eigenvalue weighted by Gasteiger charge is 2.26. The molecule has 0 aliphatic heterocycles. The average molecular weight is 280 g/mol. The van der Waals surface area contributed by atoms with Gasteiger partial charge >= 0.3 is 0 Å². The summed E-state index contributed by atoms with van der Waals surface area (Å²) in [5.74, 6) is 0. The molecule has 0 saturated heterocycles. The molecule has 0 aliphatic carbocycles. The van der Waals surface area contributed by atoms with Crippen LogP contribution in [-0.2, 0) is 20.5 Å². The predicted octanol–water partition coefficient (Wildman–Crippen LogP) is 2.68. The third-order valence-corrected chi connectivity index (χ3v) is 4.06. The van der Waals surface area contributed by atoms with Gasteiger partial charge in [-0.15, -0.1) is 0 Å². The van der Waals surface area contributed by atoms with Crippen molar-refractivity contribution in [1.29, 1.82) is 0 Å². The van der Waals surface area contributed by atoms with Crippen molar-refractivity contribution in [3.63, 3.8) is 0 Å². The predicted molar refractivity (Wildman–Crippen MR) is 81.5 cm³/mol. The highest BCUT2D eigenvalue weighted by molar-refractivity contribution is 6.30. The van der Waals surface area contributed by atoms with Crippen LogP contribution in [0.25, 0.3) is 6.08 Å². The fourth-order valence-corrected chi connectivity index (χ4v) is 3.18. The van der Waals surface area contributed by atoms with Crippen molar-refractivity contribution < 1.29 is 13.9 Å². The van der Waals surface area contributed by atoms with Gasteiger partial charge in [-0.25, -0.2) is 0 Å². The zero-order valence-corrected chi connectivity index (χ0v) is 13.6. The van der Waals surface area contributed by atoms with E-state index in [1.165, 1.54) is 0 Å². The number of hydrogen-bond donors (Lipinski definition) is 0. The normalized spacial score (nSPS) is 12.2. The van der Waals surface area contributed by atoms with Crippen molar-refractivity contribution in [2.75, 3.05) is 13.2 Å². The van der Waals surface area contributed by atoms with Crippen molar-refractivity contribution in [1.82, 2.24) is 0 Å². The number of benzene rings is 1. The minimum Gasteiger partial charge on any atom is -0.414 e. The Kier molecular flexibility index (Phi) is 7.01. The third-order valence-electron chi connectivity index (χ3n) is 2.72. The SMILES string of the molecule is C=Cc1cccc(CO[SiH2]C(C)(OCC)OCC)c1. The van der Waals surface area contributed by atoms with Crippen molar-refractivity contribution in [2.45, 2.75) is 32.8 Å². The monoisotopic (exact) mass is 280 g/mol. The van der Waals surface area contributed by atoms with Crippen LogP contribution in [0.5, 0.6) is 0 Å². The lowest BCUT2D eigenvalue weighted by Crippen LogP contribution is -2.40. The smallest absolute Gasteiger partial charge is 0.227 e. The number of rotatable bonds is 9. The summed E-state index contributed by atoms with van der Waals surface area (Å²) in [6, 6.07) is 8.18. The lowest BCUT2D eigenvalue weighted by molar-refractivity contribution is -0.170. The first kappa shape index (κ1) is 16.1. The van der Waals surface area contributed by atoms with E-state index in [-0.39, 0.29) is 0 Å². The van der Waals surface area contributed by atoms with E-state index in [0.29, 0.717) is 19.8 Å². The standard InChI is InChI=1S/C15H24O3Si/c1-5-13-9-8-10-14(11-13)12-18-19-15(4,16-6-2)17-7-3/h5,8-11H,1,6-7,12,19H2,2-4H3. The maximum Gasteiger partial charge on any atom is 0.227 e. The molecule has 4 heteroatoms. The van der Waals surface area contributed by atoms with Gasteiger partial charge in [-0.2, -0.15) is 0 Å². The number of hydrogen-bond acceptors (Lipinski definition) is 3. The molecule has 3 nitrogen and oxygen atoms in total. The molecule has 0 atom stereocenters. The molecule has 0 N–H and O–H groups in total. The van der Waals surface area contributed by atoms with Crippen LogP contribution in [0.2, 0.25) is 0 Å². The molecule has 0 heterocycles. The van der Waals surface area contributed by atoms with E-state index in [0.717, 1.165) is 11.1 Å². The average Bonchev–Trinajstić information content (AvgIpc) is 2.39. The molecule has 0 amide bonds. The van der Waals surface area contributed by atoms with Gasteiger partial charge in [0.25, 0.3) is 0 Å². The van der Waals surface area contributed by atoms with E-state index in [2.05, 4.69) is 18.7 Å². The Bertz CT molecular complexity index is 387. The molecule has 19 heavy (non-hydrogen) atoms. The molecule has 0 saturated carbocycles. The largest absolute Gasteiger partial charge is 0.414 e. The van der Waals surface area contributed by atoms with Crippen LogP contribution < -0.4 is 0 Å². The van der Waals surface area contributed by atoms with Gasteiger partial charge in [0, 0.05) is 13.2 Å². The van der Waals surface area contributed by atoms with E-state index in [9.17, 15) is 0 Å². The Morgan fingerprint density at radius 3 is 2.53 bits per heavy atom. The molecule has 106 valence electrons. The first-order chi connectivity index (χ1) is 9.13. The Hall–Kier alpha value is -0.943. The highest BCUT2D eigenvalue weighted by Crippen LogP contribution is 2.13. The van der Waals surface area contributed by atoms with Gasteiger partial charge in [0.2, 0.25) is 9.76 Å². The quantitative estimate of drug-likeness (QED) is 0.514. The second kappa shape index (κ2) is 8.27. The van der Waals surface area contributed by atoms with Crippen LogP contribution >= 0.6 is 0 Å². The highest BCUT2D eigenvalue weighted by atomic mass is 28.2. The second-order valence-corrected chi connectivity index (χ2v) is 6.42. The minimum atomic E-state index is -0.926. The van der Waals surface area contributed by atoms with Crippen LogP contribution in [0, 0.1) is 0 Å². The molecular weight excluding hydrogens is 256 g/mol. The van der Waals surface area contributed by atoms with Crippen molar-refractivity contribution >= 4 is 15.8 Å². The van der Waals surface area contributed by atoms with Crippen molar-refractivity contribution in [3.05, 3.63) is 42.0 Å². The fraction of sp³-hybridized carbons (Fsp3) is 0.467. The molecule has 1 aromatic rings. The van der Waals surface area contributed by atoms with Crippen LogP contribution in [-0.4, -0.2) is 28.4 Å². The molecule has 0 bridgehead atoms. The summed E-state index contributed by atoms with van der Waals surface area (Å²) in [4.78, 5) is 0. The minimum absolute atomic E-state index is 0.528. The summed E-state index contributed by atoms with van der Waals surface area (Å²) < 4.78 is 17.1. The summed E-state index contributed by atoms with van der Waals surface area (Å²) in [7, 11) is -0.926. The molecule has 0 aliphatic rings. The van der Waals surface area contributed by atoms with Crippen LogP contribution in [0.4, 0.5) is 0 Å². The summed E-state index contributed by atoms with van der Waals surface area (Å²) in [6.07, 6.45) is 1.84. The molecule has 1 rings (SSSR count). The van der Waals surface area contributed by atoms with Crippen LogP contribution in [0.15, 0.2) is 30.8 Å². The summed E-state index contributed by atoms with van der Waals surface area (Å²) in [5.41, 5.74) is 1.74. The summed E-state index contributed by atoms with van der Waals surface area (Å²) in [5, 5.41) is 0. The zero-order chi connectivity index (χ0) is 14.1. The van der Waals surface area contributed by atoms with E-state index >= 15 is 0 Å². The van der Waals surface area contributed by atoms with Gasteiger partial charge in [0.1, 0.15) is 0 Å². The number of ether oxygens (including phenoxy) is 2. The molecule has 0 aromatic heterocycles. The van der Waals surface area contributed by atoms with Crippen LogP contribution in [0.1, 0.15) is 31.9 Å². The van der Waals surface area contributed by atoms with Gasteiger partial charge in [0.05, 0.1) is 6.61 Å². The molecule has 0 fully saturated rings. The third kappa shape index (κ3) is 5.70. The van der Waals surface area contributed by atoms with Crippen molar-refractivity contribution in [2.24, 2.45) is 0 Å². The van der Waals surface area contributed by atoms with Crippen molar-refractivity contribution in [3.8, 4) is 0 Å². The van der Waals surface area contributed by atoms with Crippen LogP contribution in [0.3, 0.4) is 0 Å². The Labute approximate surface area is 118 Å².